The summed E-state index contributed by atoms with van der Waals surface area (Å²) in [6.07, 6.45) is 0.657. The summed E-state index contributed by atoms with van der Waals surface area (Å²) in [6.45, 7) is 2.84. The highest BCUT2D eigenvalue weighted by Gasteiger charge is 2.28. The van der Waals surface area contributed by atoms with Crippen LogP contribution in [0.15, 0.2) is 41.8 Å². The number of rotatable bonds is 6. The van der Waals surface area contributed by atoms with Gasteiger partial charge in [-0.05, 0) is 49.1 Å². The van der Waals surface area contributed by atoms with Crippen molar-refractivity contribution in [1.29, 1.82) is 0 Å². The van der Waals surface area contributed by atoms with Gasteiger partial charge in [-0.1, -0.05) is 6.07 Å². The molecule has 25 heavy (non-hydrogen) atoms. The maximum absolute atomic E-state index is 12.1. The molecular weight excluding hydrogens is 358 g/mol. The Kier molecular flexibility index (Phi) is 5.29. The third kappa shape index (κ3) is 4.32. The second-order valence-corrected chi connectivity index (χ2v) is 9.00. The van der Waals surface area contributed by atoms with Gasteiger partial charge in [-0.15, -0.1) is 11.3 Å². The highest BCUT2D eigenvalue weighted by molar-refractivity contribution is 7.93. The van der Waals surface area contributed by atoms with Crippen molar-refractivity contribution in [3.63, 3.8) is 0 Å². The molecule has 0 spiro atoms. The zero-order valence-electron chi connectivity index (χ0n) is 13.9. The molecule has 8 heteroatoms. The fourth-order valence-corrected chi connectivity index (χ4v) is 4.92. The Morgan fingerprint density at radius 3 is 2.64 bits per heavy atom. The summed E-state index contributed by atoms with van der Waals surface area (Å²) in [5.41, 5.74) is 1.44. The number of amides is 1. The summed E-state index contributed by atoms with van der Waals surface area (Å²) in [5, 5.41) is 8.00. The SMILES string of the molecule is CC(Nc1ccc(N2CCCS2(=O)=O)cc1)C(=O)NCc1cccs1. The maximum Gasteiger partial charge on any atom is 0.242 e. The zero-order chi connectivity index (χ0) is 17.9. The number of hydrogen-bond donors (Lipinski definition) is 2. The number of sulfonamides is 1. The lowest BCUT2D eigenvalue weighted by Gasteiger charge is -2.18. The molecule has 2 N–H and O–H groups in total. The number of thiophene rings is 1. The van der Waals surface area contributed by atoms with Crippen LogP contribution >= 0.6 is 11.3 Å². The number of anilines is 2. The third-order valence-corrected chi connectivity index (χ3v) is 6.79. The predicted molar refractivity (Wildman–Crippen MR) is 101 cm³/mol. The van der Waals surface area contributed by atoms with Crippen LogP contribution in [0.2, 0.25) is 0 Å². The van der Waals surface area contributed by atoms with Gasteiger partial charge >= 0.3 is 0 Å². The van der Waals surface area contributed by atoms with E-state index in [0.29, 0.717) is 25.2 Å². The highest BCUT2D eigenvalue weighted by atomic mass is 32.2. The van der Waals surface area contributed by atoms with Crippen molar-refractivity contribution in [3.05, 3.63) is 46.7 Å². The van der Waals surface area contributed by atoms with Crippen LogP contribution < -0.4 is 14.9 Å². The molecule has 2 aromatic rings. The lowest BCUT2D eigenvalue weighted by atomic mass is 10.2. The first-order valence-electron chi connectivity index (χ1n) is 8.13. The topological polar surface area (TPSA) is 78.5 Å². The quantitative estimate of drug-likeness (QED) is 0.808. The number of nitrogens with zero attached hydrogens (tertiary/aromatic N) is 1. The molecule has 1 amide bonds. The summed E-state index contributed by atoms with van der Waals surface area (Å²) < 4.78 is 25.3. The van der Waals surface area contributed by atoms with E-state index in [9.17, 15) is 13.2 Å². The molecule has 1 aromatic carbocycles. The Balaban J connectivity index is 1.56. The van der Waals surface area contributed by atoms with E-state index in [-0.39, 0.29) is 17.7 Å². The van der Waals surface area contributed by atoms with E-state index in [4.69, 9.17) is 0 Å². The average Bonchev–Trinajstić information content (AvgIpc) is 3.22. The lowest BCUT2D eigenvalue weighted by molar-refractivity contribution is -0.121. The van der Waals surface area contributed by atoms with Crippen molar-refractivity contribution in [2.45, 2.75) is 25.9 Å². The van der Waals surface area contributed by atoms with Gasteiger partial charge in [0.1, 0.15) is 6.04 Å². The molecule has 6 nitrogen and oxygen atoms in total. The molecule has 1 unspecified atom stereocenters. The van der Waals surface area contributed by atoms with Gasteiger partial charge in [-0.25, -0.2) is 8.42 Å². The summed E-state index contributed by atoms with van der Waals surface area (Å²) in [6, 6.07) is 10.7. The van der Waals surface area contributed by atoms with Gasteiger partial charge in [0.25, 0.3) is 0 Å². The molecule has 0 aliphatic carbocycles. The molecule has 1 fully saturated rings. The minimum Gasteiger partial charge on any atom is -0.374 e. The molecule has 2 heterocycles. The fourth-order valence-electron chi connectivity index (χ4n) is 2.71. The van der Waals surface area contributed by atoms with Crippen LogP contribution in [0, 0.1) is 0 Å². The molecule has 3 rings (SSSR count). The number of hydrogen-bond acceptors (Lipinski definition) is 5. The second kappa shape index (κ2) is 7.45. The van der Waals surface area contributed by atoms with Gasteiger partial charge in [-0.2, -0.15) is 0 Å². The average molecular weight is 380 g/mol. The standard InChI is InChI=1S/C17H21N3O3S2/c1-13(17(21)18-12-16-4-2-10-24-16)19-14-5-7-15(8-6-14)20-9-3-11-25(20,22)23/h2,4-8,10,13,19H,3,9,11-12H2,1H3,(H,18,21). The van der Waals surface area contributed by atoms with Crippen molar-refractivity contribution in [2.24, 2.45) is 0 Å². The van der Waals surface area contributed by atoms with Crippen molar-refractivity contribution in [3.8, 4) is 0 Å². The summed E-state index contributed by atoms with van der Waals surface area (Å²) in [4.78, 5) is 13.3. The minimum atomic E-state index is -3.17. The van der Waals surface area contributed by atoms with Crippen LogP contribution in [0.25, 0.3) is 0 Å². The molecule has 134 valence electrons. The Morgan fingerprint density at radius 2 is 2.04 bits per heavy atom. The first kappa shape index (κ1) is 17.8. The predicted octanol–water partition coefficient (Wildman–Crippen LogP) is 2.40. The Morgan fingerprint density at radius 1 is 1.28 bits per heavy atom. The molecule has 1 aliphatic heterocycles. The lowest BCUT2D eigenvalue weighted by Crippen LogP contribution is -2.37. The monoisotopic (exact) mass is 379 g/mol. The van der Waals surface area contributed by atoms with Gasteiger partial charge in [0.05, 0.1) is 18.0 Å². The Bertz CT molecular complexity index is 817. The van der Waals surface area contributed by atoms with E-state index in [1.165, 1.54) is 4.31 Å². The van der Waals surface area contributed by atoms with E-state index < -0.39 is 10.0 Å². The molecule has 1 aromatic heterocycles. The normalized spacial score (nSPS) is 17.2. The first-order chi connectivity index (χ1) is 12.0. The first-order valence-corrected chi connectivity index (χ1v) is 10.6. The van der Waals surface area contributed by atoms with E-state index in [0.717, 1.165) is 10.6 Å². The van der Waals surface area contributed by atoms with Gasteiger partial charge < -0.3 is 10.6 Å². The molecule has 0 saturated carbocycles. The van der Waals surface area contributed by atoms with E-state index in [1.54, 1.807) is 42.5 Å². The Labute approximate surface area is 151 Å². The number of carbonyl (C=O) groups is 1. The third-order valence-electron chi connectivity index (χ3n) is 4.05. The van der Waals surface area contributed by atoms with Gasteiger partial charge in [-0.3, -0.25) is 9.10 Å². The smallest absolute Gasteiger partial charge is 0.242 e. The van der Waals surface area contributed by atoms with E-state index >= 15 is 0 Å². The van der Waals surface area contributed by atoms with Crippen LogP contribution in [0.4, 0.5) is 11.4 Å². The van der Waals surface area contributed by atoms with Crippen molar-refractivity contribution < 1.29 is 13.2 Å². The Hall–Kier alpha value is -2.06. The van der Waals surface area contributed by atoms with E-state index in [2.05, 4.69) is 10.6 Å². The highest BCUT2D eigenvalue weighted by Crippen LogP contribution is 2.25. The molecule has 1 atom stereocenters. The number of benzene rings is 1. The van der Waals surface area contributed by atoms with E-state index in [1.807, 2.05) is 17.5 Å². The number of nitrogens with one attached hydrogen (secondary N) is 2. The molecule has 1 aliphatic rings. The van der Waals surface area contributed by atoms with Crippen LogP contribution in [-0.4, -0.2) is 32.7 Å². The maximum atomic E-state index is 12.1. The van der Waals surface area contributed by atoms with Crippen LogP contribution in [0.1, 0.15) is 18.2 Å². The number of carbonyl (C=O) groups excluding carboxylic acids is 1. The van der Waals surface area contributed by atoms with Gasteiger partial charge in [0.15, 0.2) is 0 Å². The van der Waals surface area contributed by atoms with Crippen molar-refractivity contribution >= 4 is 38.6 Å². The second-order valence-electron chi connectivity index (χ2n) is 5.95. The van der Waals surface area contributed by atoms with Crippen molar-refractivity contribution in [1.82, 2.24) is 5.32 Å². The molecule has 0 bridgehead atoms. The largest absolute Gasteiger partial charge is 0.374 e. The minimum absolute atomic E-state index is 0.0837. The molecule has 1 saturated heterocycles. The zero-order valence-corrected chi connectivity index (χ0v) is 15.6. The summed E-state index contributed by atoms with van der Waals surface area (Å²) in [5.74, 6) is 0.119. The molecular formula is C17H21N3O3S2. The fraction of sp³-hybridized carbons (Fsp3) is 0.353. The van der Waals surface area contributed by atoms with Crippen LogP contribution in [0.5, 0.6) is 0 Å². The summed E-state index contributed by atoms with van der Waals surface area (Å²) in [7, 11) is -3.17. The van der Waals surface area contributed by atoms with Crippen LogP contribution in [-0.2, 0) is 21.4 Å². The van der Waals surface area contributed by atoms with Gasteiger partial charge in [0, 0.05) is 17.1 Å². The van der Waals surface area contributed by atoms with Crippen molar-refractivity contribution in [2.75, 3.05) is 21.9 Å². The van der Waals surface area contributed by atoms with Crippen LogP contribution in [0.3, 0.4) is 0 Å². The summed E-state index contributed by atoms with van der Waals surface area (Å²) >= 11 is 1.61. The molecule has 0 radical (unpaired) electrons. The van der Waals surface area contributed by atoms with Gasteiger partial charge in [0.2, 0.25) is 15.9 Å².